The van der Waals surface area contributed by atoms with E-state index in [1.807, 2.05) is 13.8 Å². The van der Waals surface area contributed by atoms with E-state index in [0.717, 1.165) is 0 Å². The van der Waals surface area contributed by atoms with E-state index in [0.29, 0.717) is 18.8 Å². The number of hydrogen-bond donors (Lipinski definition) is 3. The van der Waals surface area contributed by atoms with E-state index in [4.69, 9.17) is 10.9 Å². The van der Waals surface area contributed by atoms with Gasteiger partial charge in [0.1, 0.15) is 5.69 Å². The number of nitrogens with two attached hydrogens (primary N) is 1. The predicted octanol–water partition coefficient (Wildman–Crippen LogP) is -0.00480. The topological polar surface area (TPSA) is 104 Å². The largest absolute Gasteiger partial charge is 0.396 e. The molecule has 1 aromatic rings. The number of carbonyl (C=O) groups excluding carboxylic acids is 1. The summed E-state index contributed by atoms with van der Waals surface area (Å²) in [6.45, 7) is 4.38. The third-order valence-corrected chi connectivity index (χ3v) is 2.46. The summed E-state index contributed by atoms with van der Waals surface area (Å²) in [7, 11) is 0. The minimum absolute atomic E-state index is 0.0400. The van der Waals surface area contributed by atoms with Crippen LogP contribution in [0.15, 0.2) is 12.4 Å². The van der Waals surface area contributed by atoms with Crippen molar-refractivity contribution in [3.05, 3.63) is 18.1 Å². The van der Waals surface area contributed by atoms with Crippen LogP contribution < -0.4 is 11.3 Å². The summed E-state index contributed by atoms with van der Waals surface area (Å²) in [6, 6.07) is 0.0400. The molecular formula is C11H19N5O2. The van der Waals surface area contributed by atoms with Crippen LogP contribution in [0, 0.1) is 0 Å². The molecule has 0 fully saturated rings. The molecule has 1 rings (SSSR count). The van der Waals surface area contributed by atoms with Crippen LogP contribution in [-0.4, -0.2) is 45.1 Å². The van der Waals surface area contributed by atoms with E-state index in [-0.39, 0.29) is 24.2 Å². The van der Waals surface area contributed by atoms with E-state index in [1.165, 1.54) is 12.4 Å². The van der Waals surface area contributed by atoms with Crippen LogP contribution in [0.2, 0.25) is 0 Å². The Labute approximate surface area is 106 Å². The number of nitrogens with one attached hydrogen (secondary N) is 1. The number of rotatable bonds is 6. The lowest BCUT2D eigenvalue weighted by Crippen LogP contribution is -2.38. The third-order valence-electron chi connectivity index (χ3n) is 2.46. The van der Waals surface area contributed by atoms with Gasteiger partial charge >= 0.3 is 0 Å². The molecule has 0 saturated heterocycles. The maximum absolute atomic E-state index is 12.2. The normalized spacial score (nSPS) is 10.5. The summed E-state index contributed by atoms with van der Waals surface area (Å²) in [5.41, 5.74) is 2.61. The Kier molecular flexibility index (Phi) is 5.47. The van der Waals surface area contributed by atoms with Gasteiger partial charge in [0.2, 0.25) is 0 Å². The van der Waals surface area contributed by atoms with Crippen molar-refractivity contribution in [2.45, 2.75) is 26.3 Å². The lowest BCUT2D eigenvalue weighted by molar-refractivity contribution is 0.0686. The molecule has 0 atom stereocenters. The number of aliphatic hydroxyl groups excluding tert-OH is 1. The lowest BCUT2D eigenvalue weighted by Gasteiger charge is -2.26. The number of aromatic nitrogens is 2. The molecule has 18 heavy (non-hydrogen) atoms. The Morgan fingerprint density at radius 2 is 2.22 bits per heavy atom. The smallest absolute Gasteiger partial charge is 0.274 e. The van der Waals surface area contributed by atoms with Crippen molar-refractivity contribution in [2.75, 3.05) is 18.6 Å². The molecular weight excluding hydrogens is 234 g/mol. The van der Waals surface area contributed by atoms with Crippen LogP contribution in [0.5, 0.6) is 0 Å². The summed E-state index contributed by atoms with van der Waals surface area (Å²) < 4.78 is 0. The van der Waals surface area contributed by atoms with Crippen molar-refractivity contribution >= 4 is 11.7 Å². The van der Waals surface area contributed by atoms with E-state index >= 15 is 0 Å². The summed E-state index contributed by atoms with van der Waals surface area (Å²) in [5.74, 6) is 5.38. The summed E-state index contributed by atoms with van der Waals surface area (Å²) >= 11 is 0. The Hall–Kier alpha value is -1.73. The second-order valence-corrected chi connectivity index (χ2v) is 4.10. The number of hydrazine groups is 1. The van der Waals surface area contributed by atoms with E-state index in [9.17, 15) is 4.79 Å². The molecule has 1 amide bonds. The minimum Gasteiger partial charge on any atom is -0.396 e. The SMILES string of the molecule is CC(C)N(CCCO)C(=O)c1cnc(NN)cn1. The molecule has 0 saturated carbocycles. The van der Waals surface area contributed by atoms with E-state index in [2.05, 4.69) is 15.4 Å². The highest BCUT2D eigenvalue weighted by Gasteiger charge is 2.19. The number of carbonyl (C=O) groups is 1. The van der Waals surface area contributed by atoms with Gasteiger partial charge in [-0.15, -0.1) is 0 Å². The van der Waals surface area contributed by atoms with E-state index in [1.54, 1.807) is 4.90 Å². The van der Waals surface area contributed by atoms with Crippen molar-refractivity contribution in [2.24, 2.45) is 5.84 Å². The van der Waals surface area contributed by atoms with Crippen molar-refractivity contribution in [3.63, 3.8) is 0 Å². The first kappa shape index (κ1) is 14.3. The van der Waals surface area contributed by atoms with Crippen LogP contribution in [0.4, 0.5) is 5.82 Å². The van der Waals surface area contributed by atoms with Crippen LogP contribution in [0.3, 0.4) is 0 Å². The second-order valence-electron chi connectivity index (χ2n) is 4.10. The molecule has 0 bridgehead atoms. The monoisotopic (exact) mass is 253 g/mol. The molecule has 0 aliphatic rings. The third kappa shape index (κ3) is 3.64. The first-order valence-electron chi connectivity index (χ1n) is 5.80. The molecule has 1 heterocycles. The molecule has 0 spiro atoms. The average Bonchev–Trinajstić information content (AvgIpc) is 2.38. The maximum atomic E-state index is 12.2. The van der Waals surface area contributed by atoms with Gasteiger partial charge in [0.15, 0.2) is 5.82 Å². The van der Waals surface area contributed by atoms with Crippen LogP contribution >= 0.6 is 0 Å². The summed E-state index contributed by atoms with van der Waals surface area (Å²) in [5, 5.41) is 8.83. The van der Waals surface area contributed by atoms with Crippen molar-refractivity contribution in [1.82, 2.24) is 14.9 Å². The lowest BCUT2D eigenvalue weighted by atomic mass is 10.2. The fourth-order valence-corrected chi connectivity index (χ4v) is 1.50. The zero-order valence-corrected chi connectivity index (χ0v) is 10.6. The molecule has 7 heteroatoms. The highest BCUT2D eigenvalue weighted by Crippen LogP contribution is 2.07. The fraction of sp³-hybridized carbons (Fsp3) is 0.545. The minimum atomic E-state index is -0.200. The average molecular weight is 253 g/mol. The molecule has 0 aromatic carbocycles. The van der Waals surface area contributed by atoms with Crippen LogP contribution in [0.25, 0.3) is 0 Å². The highest BCUT2D eigenvalue weighted by atomic mass is 16.3. The van der Waals surface area contributed by atoms with Gasteiger partial charge in [0.05, 0.1) is 12.4 Å². The molecule has 100 valence electrons. The highest BCUT2D eigenvalue weighted by molar-refractivity contribution is 5.92. The van der Waals surface area contributed by atoms with E-state index < -0.39 is 0 Å². The quantitative estimate of drug-likeness (QED) is 0.487. The number of nitrogen functional groups attached to an aromatic ring is 1. The molecule has 1 aromatic heterocycles. The molecule has 0 aliphatic carbocycles. The summed E-state index contributed by atoms with van der Waals surface area (Å²) in [4.78, 5) is 21.8. The van der Waals surface area contributed by atoms with Gasteiger partial charge in [-0.05, 0) is 20.3 Å². The fourth-order valence-electron chi connectivity index (χ4n) is 1.50. The van der Waals surface area contributed by atoms with Gasteiger partial charge in [-0.1, -0.05) is 0 Å². The Bertz CT molecular complexity index is 380. The number of nitrogens with zero attached hydrogens (tertiary/aromatic N) is 3. The van der Waals surface area contributed by atoms with Gasteiger partial charge in [-0.25, -0.2) is 15.8 Å². The standard InChI is InChI=1S/C11H19N5O2/c1-8(2)16(4-3-5-17)11(18)9-6-14-10(15-12)7-13-9/h6-8,17H,3-5,12H2,1-2H3,(H,14,15). The molecule has 0 radical (unpaired) electrons. The zero-order chi connectivity index (χ0) is 13.5. The van der Waals surface area contributed by atoms with Gasteiger partial charge in [0.25, 0.3) is 5.91 Å². The van der Waals surface area contributed by atoms with Crippen molar-refractivity contribution in [1.29, 1.82) is 0 Å². The molecule has 0 aliphatic heterocycles. The van der Waals surface area contributed by atoms with Crippen molar-refractivity contribution in [3.8, 4) is 0 Å². The van der Waals surface area contributed by atoms with Crippen LogP contribution in [-0.2, 0) is 0 Å². The Morgan fingerprint density at radius 3 is 2.67 bits per heavy atom. The van der Waals surface area contributed by atoms with Gasteiger partial charge in [-0.2, -0.15) is 0 Å². The number of hydrogen-bond acceptors (Lipinski definition) is 6. The van der Waals surface area contributed by atoms with Gasteiger partial charge in [0, 0.05) is 19.2 Å². The second kappa shape index (κ2) is 6.87. The van der Waals surface area contributed by atoms with Gasteiger partial charge in [-0.3, -0.25) is 4.79 Å². The Balaban J connectivity index is 2.80. The number of aliphatic hydroxyl groups is 1. The number of amides is 1. The predicted molar refractivity (Wildman–Crippen MR) is 67.7 cm³/mol. The summed E-state index contributed by atoms with van der Waals surface area (Å²) in [6.07, 6.45) is 3.32. The maximum Gasteiger partial charge on any atom is 0.274 e. The first-order valence-corrected chi connectivity index (χ1v) is 5.80. The zero-order valence-electron chi connectivity index (χ0n) is 10.6. The van der Waals surface area contributed by atoms with Gasteiger partial charge < -0.3 is 15.4 Å². The first-order chi connectivity index (χ1) is 8.60. The molecule has 0 unspecified atom stereocenters. The van der Waals surface area contributed by atoms with Crippen LogP contribution in [0.1, 0.15) is 30.8 Å². The Morgan fingerprint density at radius 1 is 1.50 bits per heavy atom. The number of anilines is 1. The van der Waals surface area contributed by atoms with Crippen molar-refractivity contribution < 1.29 is 9.90 Å². The molecule has 4 N–H and O–H groups in total. The molecule has 7 nitrogen and oxygen atoms in total.